The molecule has 0 saturated carbocycles. The van der Waals surface area contributed by atoms with Crippen LogP contribution in [0, 0.1) is 12.3 Å². The molecule has 0 amide bonds. The summed E-state index contributed by atoms with van der Waals surface area (Å²) in [4.78, 5) is 0. The molecule has 1 fully saturated rings. The number of rotatable bonds is 2. The van der Waals surface area contributed by atoms with Gasteiger partial charge in [-0.25, -0.2) is 0 Å². The van der Waals surface area contributed by atoms with Gasteiger partial charge in [0.2, 0.25) is 0 Å². The average Bonchev–Trinajstić information content (AvgIpc) is 2.31. The van der Waals surface area contributed by atoms with Crippen LogP contribution in [0.1, 0.15) is 20.3 Å². The highest BCUT2D eigenvalue weighted by Crippen LogP contribution is 2.24. The molecule has 12 heavy (non-hydrogen) atoms. The summed E-state index contributed by atoms with van der Waals surface area (Å²) in [6.07, 6.45) is 4.47. The summed E-state index contributed by atoms with van der Waals surface area (Å²) in [5, 5.41) is 9.43. The highest BCUT2D eigenvalue weighted by molar-refractivity contribution is 4.91. The fraction of sp³-hybridized carbons (Fsp3) is 0.778. The van der Waals surface area contributed by atoms with Crippen LogP contribution in [-0.4, -0.2) is 29.7 Å². The van der Waals surface area contributed by atoms with E-state index in [2.05, 4.69) is 5.92 Å². The smallest absolute Gasteiger partial charge is 0.163 e. The highest BCUT2D eigenvalue weighted by Gasteiger charge is 2.36. The predicted octanol–water partition coefficient (Wildman–Crippen LogP) is 0.522. The van der Waals surface area contributed by atoms with Crippen molar-refractivity contribution in [2.45, 2.75) is 38.3 Å². The minimum Gasteiger partial charge on any atom is -0.389 e. The molecule has 0 aliphatic carbocycles. The summed E-state index contributed by atoms with van der Waals surface area (Å²) in [7, 11) is 0. The Labute approximate surface area is 72.7 Å². The Morgan fingerprint density at radius 1 is 1.75 bits per heavy atom. The maximum Gasteiger partial charge on any atom is 0.163 e. The molecule has 0 bridgehead atoms. The van der Waals surface area contributed by atoms with Gasteiger partial charge in [0.25, 0.3) is 0 Å². The Morgan fingerprint density at radius 3 is 2.83 bits per heavy atom. The van der Waals surface area contributed by atoms with Crippen LogP contribution in [0.5, 0.6) is 0 Å². The third kappa shape index (κ3) is 2.21. The van der Waals surface area contributed by atoms with Crippen LogP contribution in [-0.2, 0) is 9.47 Å². The Hall–Kier alpha value is -0.560. The van der Waals surface area contributed by atoms with Crippen LogP contribution < -0.4 is 0 Å². The van der Waals surface area contributed by atoms with E-state index >= 15 is 0 Å². The van der Waals surface area contributed by atoms with Crippen molar-refractivity contribution in [3.8, 4) is 12.3 Å². The number of hydrogen-bond acceptors (Lipinski definition) is 3. The molecule has 0 radical (unpaired) electrons. The number of aliphatic hydroxyl groups excluding tert-OH is 1. The number of ether oxygens (including phenoxy) is 2. The second-order valence-corrected chi connectivity index (χ2v) is 3.34. The fourth-order valence-electron chi connectivity index (χ4n) is 1.16. The van der Waals surface area contributed by atoms with Gasteiger partial charge < -0.3 is 14.6 Å². The monoisotopic (exact) mass is 170 g/mol. The third-order valence-corrected chi connectivity index (χ3v) is 1.79. The first kappa shape index (κ1) is 9.53. The van der Waals surface area contributed by atoms with Gasteiger partial charge >= 0.3 is 0 Å². The first-order valence-electron chi connectivity index (χ1n) is 3.98. The Morgan fingerprint density at radius 2 is 2.42 bits per heavy atom. The lowest BCUT2D eigenvalue weighted by atomic mass is 10.1. The Bertz CT molecular complexity index is 192. The summed E-state index contributed by atoms with van der Waals surface area (Å²) in [6, 6.07) is 0. The molecule has 1 saturated heterocycles. The van der Waals surface area contributed by atoms with Crippen molar-refractivity contribution in [3.05, 3.63) is 0 Å². The fourth-order valence-corrected chi connectivity index (χ4v) is 1.16. The molecule has 1 heterocycles. The SMILES string of the molecule is C#CCC(O)C1COC(C)(C)O1. The lowest BCUT2D eigenvalue weighted by Gasteiger charge is -2.19. The maximum atomic E-state index is 9.43. The molecule has 0 aromatic carbocycles. The number of terminal acetylenes is 1. The normalized spacial score (nSPS) is 29.7. The maximum absolute atomic E-state index is 9.43. The molecule has 1 aliphatic rings. The van der Waals surface area contributed by atoms with Gasteiger partial charge in [-0.05, 0) is 13.8 Å². The van der Waals surface area contributed by atoms with E-state index in [4.69, 9.17) is 15.9 Å². The molecule has 3 nitrogen and oxygen atoms in total. The third-order valence-electron chi connectivity index (χ3n) is 1.79. The van der Waals surface area contributed by atoms with E-state index < -0.39 is 11.9 Å². The standard InChI is InChI=1S/C9H14O3/c1-4-5-7(10)8-6-11-9(2,3)12-8/h1,7-8,10H,5-6H2,2-3H3. The van der Waals surface area contributed by atoms with Crippen LogP contribution in [0.15, 0.2) is 0 Å². The molecular weight excluding hydrogens is 156 g/mol. The van der Waals surface area contributed by atoms with Gasteiger partial charge in [0.1, 0.15) is 6.10 Å². The van der Waals surface area contributed by atoms with Crippen LogP contribution in [0.4, 0.5) is 0 Å². The predicted molar refractivity (Wildman–Crippen MR) is 44.4 cm³/mol. The molecule has 2 unspecified atom stereocenters. The molecular formula is C9H14O3. The second kappa shape index (κ2) is 3.44. The summed E-state index contributed by atoms with van der Waals surface area (Å²) in [6.45, 7) is 4.04. The highest BCUT2D eigenvalue weighted by atomic mass is 16.7. The second-order valence-electron chi connectivity index (χ2n) is 3.34. The first-order chi connectivity index (χ1) is 5.55. The van der Waals surface area contributed by atoms with Crippen molar-refractivity contribution in [1.29, 1.82) is 0 Å². The zero-order valence-corrected chi connectivity index (χ0v) is 7.41. The minimum atomic E-state index is -0.614. The lowest BCUT2D eigenvalue weighted by Crippen LogP contribution is -2.30. The molecule has 0 aromatic heterocycles. The molecule has 2 atom stereocenters. The van der Waals surface area contributed by atoms with E-state index in [0.717, 1.165) is 0 Å². The van der Waals surface area contributed by atoms with Gasteiger partial charge in [-0.2, -0.15) is 0 Å². The van der Waals surface area contributed by atoms with Gasteiger partial charge in [0, 0.05) is 6.42 Å². The van der Waals surface area contributed by atoms with Gasteiger partial charge in [-0.15, -0.1) is 12.3 Å². The van der Waals surface area contributed by atoms with E-state index in [1.165, 1.54) is 0 Å². The summed E-state index contributed by atoms with van der Waals surface area (Å²) >= 11 is 0. The van der Waals surface area contributed by atoms with Crippen molar-refractivity contribution >= 4 is 0 Å². The molecule has 1 N–H and O–H groups in total. The van der Waals surface area contributed by atoms with Gasteiger partial charge in [-0.3, -0.25) is 0 Å². The number of aliphatic hydroxyl groups is 1. The molecule has 3 heteroatoms. The Kier molecular flexibility index (Phi) is 2.73. The van der Waals surface area contributed by atoms with Crippen LogP contribution >= 0.6 is 0 Å². The first-order valence-corrected chi connectivity index (χ1v) is 3.98. The largest absolute Gasteiger partial charge is 0.389 e. The van der Waals surface area contributed by atoms with Gasteiger partial charge in [-0.1, -0.05) is 0 Å². The van der Waals surface area contributed by atoms with E-state index in [9.17, 15) is 5.11 Å². The molecule has 68 valence electrons. The van der Waals surface area contributed by atoms with Crippen molar-refractivity contribution < 1.29 is 14.6 Å². The van der Waals surface area contributed by atoms with Crippen molar-refractivity contribution in [2.75, 3.05) is 6.61 Å². The Balaban J connectivity index is 2.42. The van der Waals surface area contributed by atoms with E-state index in [1.807, 2.05) is 13.8 Å². The molecule has 0 spiro atoms. The minimum absolute atomic E-state index is 0.281. The van der Waals surface area contributed by atoms with Crippen molar-refractivity contribution in [1.82, 2.24) is 0 Å². The van der Waals surface area contributed by atoms with E-state index in [1.54, 1.807) is 0 Å². The van der Waals surface area contributed by atoms with Gasteiger partial charge in [0.15, 0.2) is 5.79 Å². The molecule has 0 aromatic rings. The van der Waals surface area contributed by atoms with Crippen LogP contribution in [0.3, 0.4) is 0 Å². The average molecular weight is 170 g/mol. The van der Waals surface area contributed by atoms with Crippen LogP contribution in [0.25, 0.3) is 0 Å². The van der Waals surface area contributed by atoms with E-state index in [0.29, 0.717) is 13.0 Å². The zero-order valence-electron chi connectivity index (χ0n) is 7.41. The van der Waals surface area contributed by atoms with Gasteiger partial charge in [0.05, 0.1) is 12.7 Å². The zero-order chi connectivity index (χ0) is 9.19. The van der Waals surface area contributed by atoms with E-state index in [-0.39, 0.29) is 6.10 Å². The van der Waals surface area contributed by atoms with Crippen molar-refractivity contribution in [2.24, 2.45) is 0 Å². The molecule has 1 rings (SSSR count). The summed E-state index contributed by atoms with van der Waals surface area (Å²) in [5.41, 5.74) is 0. The summed E-state index contributed by atoms with van der Waals surface area (Å²) < 4.78 is 10.7. The summed E-state index contributed by atoms with van der Waals surface area (Å²) in [5.74, 6) is 1.80. The lowest BCUT2D eigenvalue weighted by molar-refractivity contribution is -0.150. The quantitative estimate of drug-likeness (QED) is 0.614. The number of hydrogen-bond donors (Lipinski definition) is 1. The van der Waals surface area contributed by atoms with Crippen molar-refractivity contribution in [3.63, 3.8) is 0 Å². The molecule has 1 aliphatic heterocycles. The topological polar surface area (TPSA) is 38.7 Å². The van der Waals surface area contributed by atoms with Crippen LogP contribution in [0.2, 0.25) is 0 Å².